The first-order valence-electron chi connectivity index (χ1n) is 6.88. The number of amides is 2. The fourth-order valence-electron chi connectivity index (χ4n) is 1.90. The second-order valence-electron chi connectivity index (χ2n) is 4.87. The Morgan fingerprint density at radius 1 is 1.35 bits per heavy atom. The first kappa shape index (κ1) is 14.2. The standard InChI is InChI=1S/C15H19N3O2/c1-3-11(2)16-15(20)13-9-10-14(19)18(17-13)12-7-5-4-6-8-12/h4-8,11H,3,9-10H2,1-2H3,(H,16,20). The number of hydrogen-bond donors (Lipinski definition) is 1. The number of benzene rings is 1. The molecule has 1 aromatic rings. The minimum atomic E-state index is -0.187. The number of hydrazone groups is 1. The fraction of sp³-hybridized carbons (Fsp3) is 0.400. The molecule has 5 nitrogen and oxygen atoms in total. The van der Waals surface area contributed by atoms with E-state index in [0.717, 1.165) is 6.42 Å². The molecular weight excluding hydrogens is 254 g/mol. The molecule has 1 heterocycles. The SMILES string of the molecule is CCC(C)NC(=O)C1=NN(c2ccccc2)C(=O)CC1. The van der Waals surface area contributed by atoms with E-state index < -0.39 is 0 Å². The summed E-state index contributed by atoms with van der Waals surface area (Å²) in [5.41, 5.74) is 1.10. The third-order valence-corrected chi connectivity index (χ3v) is 3.29. The number of para-hydroxylation sites is 1. The Morgan fingerprint density at radius 2 is 2.05 bits per heavy atom. The van der Waals surface area contributed by atoms with E-state index in [9.17, 15) is 9.59 Å². The Bertz CT molecular complexity index is 525. The first-order chi connectivity index (χ1) is 9.61. The summed E-state index contributed by atoms with van der Waals surface area (Å²) in [6, 6.07) is 9.26. The van der Waals surface area contributed by atoms with Crippen LogP contribution in [0.2, 0.25) is 0 Å². The Balaban J connectivity index is 2.19. The van der Waals surface area contributed by atoms with Gasteiger partial charge in [0.25, 0.3) is 5.91 Å². The van der Waals surface area contributed by atoms with Gasteiger partial charge in [0.1, 0.15) is 5.71 Å². The van der Waals surface area contributed by atoms with Crippen molar-refractivity contribution in [3.63, 3.8) is 0 Å². The van der Waals surface area contributed by atoms with E-state index in [-0.39, 0.29) is 17.9 Å². The molecule has 1 atom stereocenters. The van der Waals surface area contributed by atoms with Crippen molar-refractivity contribution in [2.24, 2.45) is 5.10 Å². The summed E-state index contributed by atoms with van der Waals surface area (Å²) in [4.78, 5) is 24.0. The number of carbonyl (C=O) groups excluding carboxylic acids is 2. The van der Waals surface area contributed by atoms with E-state index in [1.165, 1.54) is 5.01 Å². The van der Waals surface area contributed by atoms with Crippen LogP contribution in [0.15, 0.2) is 35.4 Å². The number of carbonyl (C=O) groups is 2. The van der Waals surface area contributed by atoms with Crippen LogP contribution in [-0.4, -0.2) is 23.6 Å². The summed E-state index contributed by atoms with van der Waals surface area (Å²) >= 11 is 0. The zero-order valence-corrected chi connectivity index (χ0v) is 11.8. The van der Waals surface area contributed by atoms with Gasteiger partial charge < -0.3 is 5.32 Å². The largest absolute Gasteiger partial charge is 0.348 e. The van der Waals surface area contributed by atoms with Crippen LogP contribution in [-0.2, 0) is 9.59 Å². The van der Waals surface area contributed by atoms with Crippen molar-refractivity contribution in [1.82, 2.24) is 5.32 Å². The molecule has 0 bridgehead atoms. The molecule has 2 rings (SSSR count). The number of anilines is 1. The van der Waals surface area contributed by atoms with Crippen molar-refractivity contribution in [1.29, 1.82) is 0 Å². The summed E-state index contributed by atoms with van der Waals surface area (Å²) in [5, 5.41) is 8.40. The second-order valence-corrected chi connectivity index (χ2v) is 4.87. The van der Waals surface area contributed by atoms with Gasteiger partial charge in [-0.3, -0.25) is 9.59 Å². The molecule has 20 heavy (non-hydrogen) atoms. The quantitative estimate of drug-likeness (QED) is 0.913. The maximum absolute atomic E-state index is 12.1. The molecule has 1 N–H and O–H groups in total. The van der Waals surface area contributed by atoms with Gasteiger partial charge in [-0.15, -0.1) is 0 Å². The molecule has 5 heteroatoms. The summed E-state index contributed by atoms with van der Waals surface area (Å²) in [6.45, 7) is 3.95. The molecule has 1 aliphatic heterocycles. The average Bonchev–Trinajstić information content (AvgIpc) is 2.48. The minimum Gasteiger partial charge on any atom is -0.348 e. The Kier molecular flexibility index (Phi) is 4.50. The van der Waals surface area contributed by atoms with Crippen molar-refractivity contribution < 1.29 is 9.59 Å². The molecule has 1 aromatic carbocycles. The molecule has 1 aliphatic rings. The molecule has 106 valence electrons. The van der Waals surface area contributed by atoms with Gasteiger partial charge in [0, 0.05) is 18.9 Å². The molecule has 0 saturated carbocycles. The number of nitrogens with zero attached hydrogens (tertiary/aromatic N) is 2. The van der Waals surface area contributed by atoms with Crippen molar-refractivity contribution in [2.75, 3.05) is 5.01 Å². The summed E-state index contributed by atoms with van der Waals surface area (Å²) in [5.74, 6) is -0.274. The van der Waals surface area contributed by atoms with E-state index in [2.05, 4.69) is 10.4 Å². The first-order valence-corrected chi connectivity index (χ1v) is 6.88. The van der Waals surface area contributed by atoms with E-state index in [1.807, 2.05) is 32.0 Å². The maximum atomic E-state index is 12.1. The Labute approximate surface area is 118 Å². The monoisotopic (exact) mass is 273 g/mol. The van der Waals surface area contributed by atoms with Crippen LogP contribution in [0, 0.1) is 0 Å². The molecule has 0 aromatic heterocycles. The molecule has 0 saturated heterocycles. The van der Waals surface area contributed by atoms with Gasteiger partial charge in [-0.1, -0.05) is 25.1 Å². The maximum Gasteiger partial charge on any atom is 0.267 e. The number of rotatable bonds is 4. The fourth-order valence-corrected chi connectivity index (χ4v) is 1.90. The third kappa shape index (κ3) is 3.23. The van der Waals surface area contributed by atoms with Crippen LogP contribution in [0.1, 0.15) is 33.1 Å². The molecular formula is C15H19N3O2. The highest BCUT2D eigenvalue weighted by Crippen LogP contribution is 2.19. The third-order valence-electron chi connectivity index (χ3n) is 3.29. The topological polar surface area (TPSA) is 61.8 Å². The van der Waals surface area contributed by atoms with Crippen LogP contribution in [0.25, 0.3) is 0 Å². The molecule has 0 aliphatic carbocycles. The van der Waals surface area contributed by atoms with E-state index >= 15 is 0 Å². The smallest absolute Gasteiger partial charge is 0.267 e. The van der Waals surface area contributed by atoms with Gasteiger partial charge in [-0.25, -0.2) is 5.01 Å². The van der Waals surface area contributed by atoms with Crippen molar-refractivity contribution in [2.45, 2.75) is 39.2 Å². The Morgan fingerprint density at radius 3 is 2.70 bits per heavy atom. The van der Waals surface area contributed by atoms with Crippen LogP contribution < -0.4 is 10.3 Å². The van der Waals surface area contributed by atoms with Gasteiger partial charge in [0.05, 0.1) is 5.69 Å². The van der Waals surface area contributed by atoms with Crippen LogP contribution in [0.5, 0.6) is 0 Å². The highest BCUT2D eigenvalue weighted by molar-refractivity contribution is 6.40. The van der Waals surface area contributed by atoms with Gasteiger partial charge in [-0.05, 0) is 25.5 Å². The van der Waals surface area contributed by atoms with Crippen molar-refractivity contribution >= 4 is 23.2 Å². The predicted molar refractivity (Wildman–Crippen MR) is 78.5 cm³/mol. The molecule has 1 unspecified atom stereocenters. The van der Waals surface area contributed by atoms with Gasteiger partial charge in [0.15, 0.2) is 0 Å². The number of hydrogen-bond acceptors (Lipinski definition) is 3. The zero-order chi connectivity index (χ0) is 14.5. The van der Waals surface area contributed by atoms with Crippen LogP contribution >= 0.6 is 0 Å². The van der Waals surface area contributed by atoms with Gasteiger partial charge >= 0.3 is 0 Å². The average molecular weight is 273 g/mol. The van der Waals surface area contributed by atoms with Crippen LogP contribution in [0.4, 0.5) is 5.69 Å². The molecule has 0 fully saturated rings. The summed E-state index contributed by atoms with van der Waals surface area (Å²) < 4.78 is 0. The van der Waals surface area contributed by atoms with Crippen molar-refractivity contribution in [3.05, 3.63) is 30.3 Å². The molecule has 0 radical (unpaired) electrons. The normalized spacial score (nSPS) is 16.6. The Hall–Kier alpha value is -2.17. The number of nitrogens with one attached hydrogen (secondary N) is 1. The lowest BCUT2D eigenvalue weighted by Crippen LogP contribution is -2.42. The summed E-state index contributed by atoms with van der Waals surface area (Å²) in [6.07, 6.45) is 1.56. The zero-order valence-electron chi connectivity index (χ0n) is 11.8. The van der Waals surface area contributed by atoms with Gasteiger partial charge in [0.2, 0.25) is 5.91 Å². The van der Waals surface area contributed by atoms with E-state index in [1.54, 1.807) is 12.1 Å². The van der Waals surface area contributed by atoms with E-state index in [0.29, 0.717) is 24.2 Å². The summed E-state index contributed by atoms with van der Waals surface area (Å²) in [7, 11) is 0. The predicted octanol–water partition coefficient (Wildman–Crippen LogP) is 2.08. The van der Waals surface area contributed by atoms with Crippen molar-refractivity contribution in [3.8, 4) is 0 Å². The molecule has 0 spiro atoms. The van der Waals surface area contributed by atoms with Gasteiger partial charge in [-0.2, -0.15) is 5.10 Å². The van der Waals surface area contributed by atoms with Crippen LogP contribution in [0.3, 0.4) is 0 Å². The molecule has 2 amide bonds. The lowest BCUT2D eigenvalue weighted by molar-refractivity contribution is -0.119. The lowest BCUT2D eigenvalue weighted by atomic mass is 10.1. The second kappa shape index (κ2) is 6.32. The highest BCUT2D eigenvalue weighted by Gasteiger charge is 2.25. The minimum absolute atomic E-state index is 0.0868. The van der Waals surface area contributed by atoms with E-state index in [4.69, 9.17) is 0 Å². The highest BCUT2D eigenvalue weighted by atomic mass is 16.2. The lowest BCUT2D eigenvalue weighted by Gasteiger charge is -2.23.